The van der Waals surface area contributed by atoms with Crippen molar-refractivity contribution in [1.82, 2.24) is 0 Å². The first-order valence-electron chi connectivity index (χ1n) is 14.1. The van der Waals surface area contributed by atoms with E-state index < -0.39 is 54.2 Å². The second-order valence-electron chi connectivity index (χ2n) is 11.7. The van der Waals surface area contributed by atoms with Crippen molar-refractivity contribution in [2.75, 3.05) is 13.2 Å². The van der Waals surface area contributed by atoms with Gasteiger partial charge in [0.15, 0.2) is 30.4 Å². The molecule has 0 bridgehead atoms. The molecule has 0 spiro atoms. The Kier molecular flexibility index (Phi) is 9.45. The van der Waals surface area contributed by atoms with Crippen LogP contribution in [-0.2, 0) is 55.9 Å². The van der Waals surface area contributed by atoms with Crippen molar-refractivity contribution < 1.29 is 52.9 Å². The van der Waals surface area contributed by atoms with Gasteiger partial charge in [-0.3, -0.25) is 0 Å². The third-order valence-electron chi connectivity index (χ3n) is 7.51. The minimum atomic E-state index is -1.22. The molecule has 4 fully saturated rings. The Labute approximate surface area is 245 Å². The molecule has 2 aromatic carbocycles. The maximum Gasteiger partial charge on any atom is 0.190 e. The van der Waals surface area contributed by atoms with E-state index in [-0.39, 0.29) is 19.3 Å². The number of carbonyl (C=O) groups is 1. The van der Waals surface area contributed by atoms with Crippen LogP contribution in [0.4, 0.5) is 0 Å². The van der Waals surface area contributed by atoms with Crippen molar-refractivity contribution in [2.45, 2.75) is 101 Å². The first-order valence-corrected chi connectivity index (χ1v) is 14.1. The van der Waals surface area contributed by atoms with Gasteiger partial charge in [0.05, 0.1) is 26.4 Å². The smallest absolute Gasteiger partial charge is 0.190 e. The minimum absolute atomic E-state index is 0.337. The lowest BCUT2D eigenvalue weighted by Gasteiger charge is -2.33. The SMILES string of the molecule is CC1(C)O[C@H]2OC(CO)(CO)C(OCc3ccccc3)[C@@H]2O1.CC1(C)O[C@H]2O[C@H](C=O)C(OCc3ccccc3)[C@@H]2O1. The summed E-state index contributed by atoms with van der Waals surface area (Å²) in [5.74, 6) is -1.49. The van der Waals surface area contributed by atoms with Crippen molar-refractivity contribution in [3.05, 3.63) is 71.8 Å². The van der Waals surface area contributed by atoms with E-state index in [1.165, 1.54) is 0 Å². The summed E-state index contributed by atoms with van der Waals surface area (Å²) in [5.41, 5.74) is 0.813. The molecule has 2 aromatic rings. The average molecular weight is 589 g/mol. The zero-order valence-electron chi connectivity index (χ0n) is 24.3. The Morgan fingerprint density at radius 3 is 1.79 bits per heavy atom. The fourth-order valence-electron chi connectivity index (χ4n) is 5.53. The van der Waals surface area contributed by atoms with E-state index in [9.17, 15) is 15.0 Å². The number of hydrogen-bond donors (Lipinski definition) is 2. The molecule has 42 heavy (non-hydrogen) atoms. The number of benzene rings is 2. The monoisotopic (exact) mass is 588 g/mol. The number of aliphatic hydroxyl groups excluding tert-OH is 2. The number of hydrogen-bond acceptors (Lipinski definition) is 11. The van der Waals surface area contributed by atoms with Crippen LogP contribution in [0.25, 0.3) is 0 Å². The van der Waals surface area contributed by atoms with Gasteiger partial charge >= 0.3 is 0 Å². The summed E-state index contributed by atoms with van der Waals surface area (Å²) in [6.07, 6.45) is -3.02. The van der Waals surface area contributed by atoms with Gasteiger partial charge in [-0.1, -0.05) is 60.7 Å². The summed E-state index contributed by atoms with van der Waals surface area (Å²) >= 11 is 0. The van der Waals surface area contributed by atoms with Crippen molar-refractivity contribution in [3.8, 4) is 0 Å². The molecule has 2 N–H and O–H groups in total. The molecule has 4 saturated heterocycles. The molecule has 230 valence electrons. The molecule has 4 aliphatic rings. The van der Waals surface area contributed by atoms with E-state index >= 15 is 0 Å². The van der Waals surface area contributed by atoms with Gasteiger partial charge in [0.2, 0.25) is 0 Å². The lowest BCUT2D eigenvalue weighted by atomic mass is 9.97. The number of ether oxygens (including phenoxy) is 8. The number of carbonyl (C=O) groups excluding carboxylic acids is 1. The third kappa shape index (κ3) is 6.76. The molecular weight excluding hydrogens is 548 g/mol. The normalized spacial score (nSPS) is 33.4. The van der Waals surface area contributed by atoms with Crippen LogP contribution in [0.3, 0.4) is 0 Å². The van der Waals surface area contributed by atoms with E-state index in [2.05, 4.69) is 0 Å². The third-order valence-corrected chi connectivity index (χ3v) is 7.51. The average Bonchev–Trinajstić information content (AvgIpc) is 3.64. The molecule has 2 unspecified atom stereocenters. The summed E-state index contributed by atoms with van der Waals surface area (Å²) in [4.78, 5) is 11.1. The van der Waals surface area contributed by atoms with Crippen molar-refractivity contribution in [3.63, 3.8) is 0 Å². The molecule has 11 nitrogen and oxygen atoms in total. The van der Waals surface area contributed by atoms with E-state index in [1.54, 1.807) is 13.8 Å². The molecule has 0 aromatic heterocycles. The molecule has 4 heterocycles. The van der Waals surface area contributed by atoms with Crippen molar-refractivity contribution in [2.24, 2.45) is 0 Å². The molecule has 7 atom stereocenters. The Bertz CT molecular complexity index is 1150. The predicted molar refractivity (Wildman–Crippen MR) is 147 cm³/mol. The van der Waals surface area contributed by atoms with E-state index in [0.717, 1.165) is 17.4 Å². The van der Waals surface area contributed by atoms with Gasteiger partial charge in [0.25, 0.3) is 0 Å². The lowest BCUT2D eigenvalue weighted by molar-refractivity contribution is -0.258. The van der Waals surface area contributed by atoms with E-state index in [4.69, 9.17) is 37.9 Å². The van der Waals surface area contributed by atoms with Gasteiger partial charge in [-0.25, -0.2) is 0 Å². The summed E-state index contributed by atoms with van der Waals surface area (Å²) in [7, 11) is 0. The number of aliphatic hydroxyl groups is 2. The van der Waals surface area contributed by atoms with Crippen LogP contribution in [0.15, 0.2) is 60.7 Å². The van der Waals surface area contributed by atoms with Crippen molar-refractivity contribution in [1.29, 1.82) is 0 Å². The summed E-state index contributed by atoms with van der Waals surface area (Å²) in [6, 6.07) is 19.5. The highest BCUT2D eigenvalue weighted by molar-refractivity contribution is 5.58. The van der Waals surface area contributed by atoms with Crippen LogP contribution in [-0.4, -0.2) is 90.0 Å². The number of rotatable bonds is 9. The van der Waals surface area contributed by atoms with Gasteiger partial charge < -0.3 is 52.9 Å². The van der Waals surface area contributed by atoms with Gasteiger partial charge in [-0.15, -0.1) is 0 Å². The number of aldehydes is 1. The quantitative estimate of drug-likeness (QED) is 0.419. The first kappa shape index (κ1) is 31.1. The molecule has 11 heteroatoms. The Morgan fingerprint density at radius 1 is 0.714 bits per heavy atom. The first-order chi connectivity index (χ1) is 20.1. The van der Waals surface area contributed by atoms with Gasteiger partial charge in [0.1, 0.15) is 36.1 Å². The molecule has 0 amide bonds. The van der Waals surface area contributed by atoms with Crippen LogP contribution in [0.2, 0.25) is 0 Å². The Hall–Kier alpha value is -2.29. The Balaban J connectivity index is 0.000000169. The zero-order valence-corrected chi connectivity index (χ0v) is 24.3. The maximum atomic E-state index is 11.1. The summed E-state index contributed by atoms with van der Waals surface area (Å²) in [6.45, 7) is 7.23. The van der Waals surface area contributed by atoms with Crippen LogP contribution >= 0.6 is 0 Å². The lowest BCUT2D eigenvalue weighted by Crippen LogP contribution is -2.52. The highest BCUT2D eigenvalue weighted by Crippen LogP contribution is 2.44. The maximum absolute atomic E-state index is 11.1. The number of fused-ring (bicyclic) bond motifs is 2. The van der Waals surface area contributed by atoms with E-state index in [1.807, 2.05) is 74.5 Å². The standard InChI is InChI=1S/C16H22O6.C15H18O5/c1-15(2)20-12-13(19-8-11-6-4-3-5-7-11)16(9-17,10-18)22-14(12)21-15;1-15(2)19-13-12(11(8-16)18-14(13)20-15)17-9-10-6-4-3-5-7-10/h3-7,12-14,17-18H,8-10H2,1-2H3;3-8,11-14H,9H2,1-2H3/t12-,13?,14-;11-,12?,13+,14-/m01/s1. The zero-order chi connectivity index (χ0) is 30.0. The van der Waals surface area contributed by atoms with Crippen LogP contribution < -0.4 is 0 Å². The fourth-order valence-corrected chi connectivity index (χ4v) is 5.53. The molecule has 6 rings (SSSR count). The summed E-state index contributed by atoms with van der Waals surface area (Å²) in [5, 5.41) is 19.4. The van der Waals surface area contributed by atoms with Crippen LogP contribution in [0, 0.1) is 0 Å². The molecular formula is C31H40O11. The van der Waals surface area contributed by atoms with E-state index in [0.29, 0.717) is 13.2 Å². The summed E-state index contributed by atoms with van der Waals surface area (Å²) < 4.78 is 45.9. The van der Waals surface area contributed by atoms with Gasteiger partial charge in [0, 0.05) is 0 Å². The van der Waals surface area contributed by atoms with Gasteiger partial charge in [-0.05, 0) is 38.8 Å². The molecule has 4 aliphatic heterocycles. The Morgan fingerprint density at radius 2 is 1.24 bits per heavy atom. The predicted octanol–water partition coefficient (Wildman–Crippen LogP) is 2.45. The molecule has 0 radical (unpaired) electrons. The van der Waals surface area contributed by atoms with Gasteiger partial charge in [-0.2, -0.15) is 0 Å². The van der Waals surface area contributed by atoms with Crippen molar-refractivity contribution >= 4 is 6.29 Å². The molecule has 0 saturated carbocycles. The second-order valence-corrected chi connectivity index (χ2v) is 11.7. The topological polar surface area (TPSA) is 131 Å². The highest BCUT2D eigenvalue weighted by Gasteiger charge is 2.62. The fraction of sp³-hybridized carbons (Fsp3) is 0.581. The second kappa shape index (κ2) is 12.7. The van der Waals surface area contributed by atoms with Crippen LogP contribution in [0.1, 0.15) is 38.8 Å². The minimum Gasteiger partial charge on any atom is -0.393 e. The van der Waals surface area contributed by atoms with Crippen LogP contribution in [0.5, 0.6) is 0 Å². The highest BCUT2D eigenvalue weighted by atomic mass is 16.9. The molecule has 0 aliphatic carbocycles. The largest absolute Gasteiger partial charge is 0.393 e.